The Kier molecular flexibility index (Phi) is 4.98. The van der Waals surface area contributed by atoms with Crippen molar-refractivity contribution >= 4 is 17.6 Å². The topological polar surface area (TPSA) is 84.9 Å². The Labute approximate surface area is 133 Å². The van der Waals surface area contributed by atoms with Gasteiger partial charge in [-0.2, -0.15) is 0 Å². The molecule has 1 unspecified atom stereocenters. The van der Waals surface area contributed by atoms with Crippen molar-refractivity contribution in [3.05, 3.63) is 60.2 Å². The summed E-state index contributed by atoms with van der Waals surface area (Å²) >= 11 is 0. The fraction of sp³-hybridized carbons (Fsp3) is 0.176. The molecule has 2 N–H and O–H groups in total. The summed E-state index contributed by atoms with van der Waals surface area (Å²) in [5.74, 6) is -1.55. The van der Waals surface area contributed by atoms with Crippen molar-refractivity contribution in [2.24, 2.45) is 0 Å². The molecule has 23 heavy (non-hydrogen) atoms. The van der Waals surface area contributed by atoms with E-state index in [9.17, 15) is 14.7 Å². The quantitative estimate of drug-likeness (QED) is 0.799. The molecule has 0 spiro atoms. The van der Waals surface area contributed by atoms with Gasteiger partial charge < -0.3 is 19.9 Å². The number of aliphatic carboxylic acids is 1. The van der Waals surface area contributed by atoms with E-state index in [1.165, 1.54) is 26.4 Å². The Morgan fingerprint density at radius 3 is 2.09 bits per heavy atom. The van der Waals surface area contributed by atoms with Crippen LogP contribution in [-0.2, 0) is 19.9 Å². The summed E-state index contributed by atoms with van der Waals surface area (Å²) in [6.07, 6.45) is 0. The highest BCUT2D eigenvalue weighted by Crippen LogP contribution is 2.28. The molecule has 0 radical (unpaired) electrons. The monoisotopic (exact) mass is 315 g/mol. The number of nitrogens with one attached hydrogen (secondary N) is 1. The van der Waals surface area contributed by atoms with Gasteiger partial charge in [-0.05, 0) is 24.3 Å². The van der Waals surface area contributed by atoms with Crippen LogP contribution in [0, 0.1) is 0 Å². The lowest BCUT2D eigenvalue weighted by Crippen LogP contribution is -2.48. The first-order valence-electron chi connectivity index (χ1n) is 6.84. The molecule has 1 atom stereocenters. The van der Waals surface area contributed by atoms with Crippen LogP contribution in [0.25, 0.3) is 0 Å². The molecule has 0 bridgehead atoms. The molecule has 1 amide bonds. The molecule has 2 aromatic carbocycles. The second-order valence-electron chi connectivity index (χ2n) is 4.74. The normalized spacial score (nSPS) is 13.0. The van der Waals surface area contributed by atoms with Gasteiger partial charge in [-0.3, -0.25) is 4.79 Å². The van der Waals surface area contributed by atoms with Crippen LogP contribution in [0.4, 0.5) is 5.69 Å². The van der Waals surface area contributed by atoms with Crippen molar-refractivity contribution < 1.29 is 24.2 Å². The number of carboxylic acids is 1. The van der Waals surface area contributed by atoms with Crippen LogP contribution in [0.2, 0.25) is 0 Å². The van der Waals surface area contributed by atoms with E-state index in [2.05, 4.69) is 5.32 Å². The third-order valence-electron chi connectivity index (χ3n) is 3.46. The van der Waals surface area contributed by atoms with E-state index in [0.29, 0.717) is 11.4 Å². The lowest BCUT2D eigenvalue weighted by molar-refractivity contribution is -0.169. The van der Waals surface area contributed by atoms with Gasteiger partial charge in [0.1, 0.15) is 5.75 Å². The minimum Gasteiger partial charge on any atom is -0.497 e. The van der Waals surface area contributed by atoms with Crippen molar-refractivity contribution in [2.45, 2.75) is 5.60 Å². The SMILES string of the molecule is COc1ccc(NC(=O)C(OC)(C(=O)O)c2ccccc2)cc1. The van der Waals surface area contributed by atoms with Gasteiger partial charge in [0.15, 0.2) is 0 Å². The maximum atomic E-state index is 12.6. The van der Waals surface area contributed by atoms with Crippen molar-refractivity contribution in [1.29, 1.82) is 0 Å². The van der Waals surface area contributed by atoms with E-state index in [1.807, 2.05) is 0 Å². The van der Waals surface area contributed by atoms with E-state index < -0.39 is 17.5 Å². The second-order valence-corrected chi connectivity index (χ2v) is 4.74. The average Bonchev–Trinajstić information content (AvgIpc) is 2.57. The molecular formula is C17H17NO5. The van der Waals surface area contributed by atoms with Crippen molar-refractivity contribution in [1.82, 2.24) is 0 Å². The number of carboxylic acid groups (broad SMARTS) is 1. The van der Waals surface area contributed by atoms with Gasteiger partial charge in [-0.1, -0.05) is 30.3 Å². The van der Waals surface area contributed by atoms with Crippen LogP contribution in [-0.4, -0.2) is 31.2 Å². The van der Waals surface area contributed by atoms with Gasteiger partial charge in [0.05, 0.1) is 7.11 Å². The zero-order chi connectivity index (χ0) is 16.9. The smallest absolute Gasteiger partial charge is 0.350 e. The molecule has 0 aliphatic rings. The van der Waals surface area contributed by atoms with Crippen molar-refractivity contribution in [3.8, 4) is 5.75 Å². The Morgan fingerprint density at radius 1 is 1.00 bits per heavy atom. The number of hydrogen-bond acceptors (Lipinski definition) is 4. The fourth-order valence-corrected chi connectivity index (χ4v) is 2.22. The number of anilines is 1. The number of carbonyl (C=O) groups is 2. The second kappa shape index (κ2) is 6.93. The number of hydrogen-bond donors (Lipinski definition) is 2. The molecular weight excluding hydrogens is 298 g/mol. The molecule has 0 aromatic heterocycles. The van der Waals surface area contributed by atoms with E-state index >= 15 is 0 Å². The van der Waals surface area contributed by atoms with Crippen LogP contribution < -0.4 is 10.1 Å². The molecule has 0 fully saturated rings. The van der Waals surface area contributed by atoms with E-state index in [0.717, 1.165) is 0 Å². The Morgan fingerprint density at radius 2 is 1.61 bits per heavy atom. The van der Waals surface area contributed by atoms with Crippen LogP contribution >= 0.6 is 0 Å². The predicted molar refractivity (Wildman–Crippen MR) is 84.4 cm³/mol. The Balaban J connectivity index is 2.35. The molecule has 6 nitrogen and oxygen atoms in total. The number of methoxy groups -OCH3 is 2. The van der Waals surface area contributed by atoms with Crippen molar-refractivity contribution in [2.75, 3.05) is 19.5 Å². The van der Waals surface area contributed by atoms with Crippen molar-refractivity contribution in [3.63, 3.8) is 0 Å². The Bertz CT molecular complexity index is 684. The highest BCUT2D eigenvalue weighted by atomic mass is 16.5. The molecule has 0 aliphatic carbocycles. The average molecular weight is 315 g/mol. The lowest BCUT2D eigenvalue weighted by atomic mass is 9.92. The van der Waals surface area contributed by atoms with Gasteiger partial charge in [-0.25, -0.2) is 4.79 Å². The van der Waals surface area contributed by atoms with E-state index in [4.69, 9.17) is 9.47 Å². The summed E-state index contributed by atoms with van der Waals surface area (Å²) in [5, 5.41) is 12.2. The van der Waals surface area contributed by atoms with E-state index in [1.54, 1.807) is 42.5 Å². The van der Waals surface area contributed by atoms with Crippen LogP contribution in [0.15, 0.2) is 54.6 Å². The summed E-state index contributed by atoms with van der Waals surface area (Å²) in [5.41, 5.74) is -1.45. The lowest BCUT2D eigenvalue weighted by Gasteiger charge is -2.27. The maximum Gasteiger partial charge on any atom is 0.350 e. The molecule has 2 aromatic rings. The Hall–Kier alpha value is -2.86. The van der Waals surface area contributed by atoms with Gasteiger partial charge in [0.2, 0.25) is 0 Å². The van der Waals surface area contributed by atoms with E-state index in [-0.39, 0.29) is 5.56 Å². The van der Waals surface area contributed by atoms with Gasteiger partial charge in [0, 0.05) is 18.4 Å². The molecule has 0 saturated carbocycles. The zero-order valence-electron chi connectivity index (χ0n) is 12.8. The third kappa shape index (κ3) is 3.17. The van der Waals surface area contributed by atoms with Crippen LogP contribution in [0.1, 0.15) is 5.56 Å². The summed E-state index contributed by atoms with van der Waals surface area (Å²) in [6.45, 7) is 0. The summed E-state index contributed by atoms with van der Waals surface area (Å²) < 4.78 is 10.2. The first-order chi connectivity index (χ1) is 11.0. The highest BCUT2D eigenvalue weighted by molar-refractivity contribution is 6.12. The standard InChI is InChI=1S/C17H17NO5/c1-22-14-10-8-13(9-11-14)18-15(19)17(23-2,16(20)21)12-6-4-3-5-7-12/h3-11H,1-2H3,(H,18,19)(H,20,21). The summed E-state index contributed by atoms with van der Waals surface area (Å²) in [7, 11) is 2.72. The molecule has 0 aliphatic heterocycles. The molecule has 120 valence electrons. The first kappa shape index (κ1) is 16.5. The largest absolute Gasteiger partial charge is 0.497 e. The summed E-state index contributed by atoms with van der Waals surface area (Å²) in [4.78, 5) is 24.4. The molecule has 0 heterocycles. The minimum atomic E-state index is -2.12. The van der Waals surface area contributed by atoms with Gasteiger partial charge in [0.25, 0.3) is 11.5 Å². The number of benzene rings is 2. The highest BCUT2D eigenvalue weighted by Gasteiger charge is 2.48. The number of rotatable bonds is 6. The zero-order valence-corrected chi connectivity index (χ0v) is 12.8. The molecule has 6 heteroatoms. The predicted octanol–water partition coefficient (Wildman–Crippen LogP) is 2.26. The fourth-order valence-electron chi connectivity index (χ4n) is 2.22. The number of carbonyl (C=O) groups excluding carboxylic acids is 1. The number of ether oxygens (including phenoxy) is 2. The first-order valence-corrected chi connectivity index (χ1v) is 6.84. The molecule has 2 rings (SSSR count). The number of amides is 1. The minimum absolute atomic E-state index is 0.237. The van der Waals surface area contributed by atoms with Crippen LogP contribution in [0.5, 0.6) is 5.75 Å². The molecule has 0 saturated heterocycles. The van der Waals surface area contributed by atoms with Gasteiger partial charge >= 0.3 is 5.97 Å². The third-order valence-corrected chi connectivity index (χ3v) is 3.46. The summed E-state index contributed by atoms with van der Waals surface area (Å²) in [6, 6.07) is 14.6. The van der Waals surface area contributed by atoms with Crippen LogP contribution in [0.3, 0.4) is 0 Å². The maximum absolute atomic E-state index is 12.6. The van der Waals surface area contributed by atoms with Gasteiger partial charge in [-0.15, -0.1) is 0 Å².